The van der Waals surface area contributed by atoms with E-state index in [1.54, 1.807) is 12.1 Å². The lowest BCUT2D eigenvalue weighted by Crippen LogP contribution is -2.41. The highest BCUT2D eigenvalue weighted by atomic mass is 19.4. The van der Waals surface area contributed by atoms with Crippen LogP contribution in [0.1, 0.15) is 89.5 Å². The standard InChI is InChI=1S/C28H39F5O/c1-2-3-4-5-21-8-14-24(15-9-21)25-16-10-22(11-17-25)6-7-23-12-18-26(19-13-23)34-20-27(29,30)28(31,32)33/h6-7,12-13,18-19,21-22,24-25H,2-5,8-11,14-17,20H2,1H3/t21-,22-,24-,25-. The minimum atomic E-state index is -5.61. The van der Waals surface area contributed by atoms with Crippen LogP contribution < -0.4 is 4.74 Å². The van der Waals surface area contributed by atoms with Gasteiger partial charge in [0.25, 0.3) is 0 Å². The molecule has 0 aromatic heterocycles. The molecule has 0 unspecified atom stereocenters. The molecule has 1 aromatic rings. The molecule has 0 amide bonds. The minimum Gasteiger partial charge on any atom is -0.487 e. The third kappa shape index (κ3) is 7.98. The topological polar surface area (TPSA) is 9.23 Å². The Labute approximate surface area is 201 Å². The molecular weight excluding hydrogens is 447 g/mol. The number of ether oxygens (including phenoxy) is 1. The summed E-state index contributed by atoms with van der Waals surface area (Å²) in [6.45, 7) is 0.556. The predicted octanol–water partition coefficient (Wildman–Crippen LogP) is 9.47. The highest BCUT2D eigenvalue weighted by Crippen LogP contribution is 2.42. The van der Waals surface area contributed by atoms with Gasteiger partial charge in [0.05, 0.1) is 0 Å². The van der Waals surface area contributed by atoms with Crippen LogP contribution in [0.3, 0.4) is 0 Å². The van der Waals surface area contributed by atoms with Crippen molar-refractivity contribution in [1.29, 1.82) is 0 Å². The summed E-state index contributed by atoms with van der Waals surface area (Å²) >= 11 is 0. The first-order chi connectivity index (χ1) is 16.2. The number of unbranched alkanes of at least 4 members (excludes halogenated alkanes) is 2. The zero-order chi connectivity index (χ0) is 24.6. The molecule has 6 heteroatoms. The van der Waals surface area contributed by atoms with Crippen LogP contribution in [-0.4, -0.2) is 18.7 Å². The van der Waals surface area contributed by atoms with Gasteiger partial charge in [-0.25, -0.2) is 0 Å². The van der Waals surface area contributed by atoms with Crippen LogP contribution in [0.4, 0.5) is 22.0 Å². The molecule has 1 nitrogen and oxygen atoms in total. The fourth-order valence-corrected chi connectivity index (χ4v) is 5.62. The van der Waals surface area contributed by atoms with Crippen LogP contribution in [0.2, 0.25) is 0 Å². The first-order valence-corrected chi connectivity index (χ1v) is 13.0. The molecule has 2 aliphatic carbocycles. The zero-order valence-electron chi connectivity index (χ0n) is 20.3. The van der Waals surface area contributed by atoms with Crippen molar-refractivity contribution >= 4 is 6.08 Å². The van der Waals surface area contributed by atoms with Crippen LogP contribution in [0, 0.1) is 23.7 Å². The monoisotopic (exact) mass is 486 g/mol. The van der Waals surface area contributed by atoms with Crippen molar-refractivity contribution in [2.24, 2.45) is 23.7 Å². The van der Waals surface area contributed by atoms with Crippen LogP contribution in [0.25, 0.3) is 6.08 Å². The molecule has 2 aliphatic rings. The number of allylic oxidation sites excluding steroid dienone is 1. The van der Waals surface area contributed by atoms with Gasteiger partial charge in [-0.3, -0.25) is 0 Å². The van der Waals surface area contributed by atoms with Crippen molar-refractivity contribution < 1.29 is 26.7 Å². The molecule has 0 atom stereocenters. The molecule has 0 saturated heterocycles. The number of rotatable bonds is 10. The third-order valence-electron chi connectivity index (χ3n) is 7.87. The number of halogens is 5. The molecule has 0 heterocycles. The lowest BCUT2D eigenvalue weighted by atomic mass is 9.68. The van der Waals surface area contributed by atoms with Gasteiger partial charge in [-0.05, 0) is 79.9 Å². The van der Waals surface area contributed by atoms with E-state index in [1.165, 1.54) is 89.2 Å². The van der Waals surface area contributed by atoms with Gasteiger partial charge in [-0.2, -0.15) is 22.0 Å². The molecule has 34 heavy (non-hydrogen) atoms. The van der Waals surface area contributed by atoms with E-state index in [2.05, 4.69) is 17.7 Å². The Hall–Kier alpha value is -1.59. The first kappa shape index (κ1) is 27.0. The van der Waals surface area contributed by atoms with Crippen molar-refractivity contribution in [2.45, 2.75) is 96.1 Å². The summed E-state index contributed by atoms with van der Waals surface area (Å²) in [4.78, 5) is 0. The van der Waals surface area contributed by atoms with Crippen molar-refractivity contribution in [3.63, 3.8) is 0 Å². The van der Waals surface area contributed by atoms with E-state index in [1.807, 2.05) is 6.08 Å². The smallest absolute Gasteiger partial charge is 0.456 e. The van der Waals surface area contributed by atoms with E-state index < -0.39 is 18.7 Å². The number of hydrogen-bond acceptors (Lipinski definition) is 1. The maximum atomic E-state index is 13.0. The van der Waals surface area contributed by atoms with Gasteiger partial charge in [0.15, 0.2) is 6.61 Å². The number of alkyl halides is 5. The average molecular weight is 487 g/mol. The fourth-order valence-electron chi connectivity index (χ4n) is 5.62. The maximum Gasteiger partial charge on any atom is 0.456 e. The summed E-state index contributed by atoms with van der Waals surface area (Å²) in [5.74, 6) is -1.58. The van der Waals surface area contributed by atoms with Crippen LogP contribution in [0.15, 0.2) is 30.3 Å². The zero-order valence-corrected chi connectivity index (χ0v) is 20.3. The fraction of sp³-hybridized carbons (Fsp3) is 0.714. The summed E-state index contributed by atoms with van der Waals surface area (Å²) in [5, 5.41) is 0. The number of benzene rings is 1. The molecule has 2 saturated carbocycles. The van der Waals surface area contributed by atoms with E-state index in [0.717, 1.165) is 23.3 Å². The molecule has 0 N–H and O–H groups in total. The average Bonchev–Trinajstić information content (AvgIpc) is 2.82. The van der Waals surface area contributed by atoms with Gasteiger partial charge in [-0.1, -0.05) is 69.7 Å². The van der Waals surface area contributed by atoms with Gasteiger partial charge in [0.2, 0.25) is 0 Å². The predicted molar refractivity (Wildman–Crippen MR) is 127 cm³/mol. The molecule has 0 radical (unpaired) electrons. The van der Waals surface area contributed by atoms with E-state index >= 15 is 0 Å². The molecule has 0 spiro atoms. The van der Waals surface area contributed by atoms with Crippen molar-refractivity contribution in [3.8, 4) is 5.75 Å². The van der Waals surface area contributed by atoms with Crippen LogP contribution in [-0.2, 0) is 0 Å². The van der Waals surface area contributed by atoms with Gasteiger partial charge < -0.3 is 4.74 Å². The maximum absolute atomic E-state index is 13.0. The first-order valence-electron chi connectivity index (χ1n) is 13.0. The van der Waals surface area contributed by atoms with Crippen molar-refractivity contribution in [3.05, 3.63) is 35.9 Å². The van der Waals surface area contributed by atoms with Crippen molar-refractivity contribution in [1.82, 2.24) is 0 Å². The largest absolute Gasteiger partial charge is 0.487 e. The van der Waals surface area contributed by atoms with Crippen LogP contribution >= 0.6 is 0 Å². The summed E-state index contributed by atoms with van der Waals surface area (Å²) in [6, 6.07) is 6.23. The Morgan fingerprint density at radius 2 is 1.41 bits per heavy atom. The second-order valence-corrected chi connectivity index (χ2v) is 10.4. The molecule has 1 aromatic carbocycles. The van der Waals surface area contributed by atoms with Gasteiger partial charge in [0.1, 0.15) is 5.75 Å². The summed E-state index contributed by atoms with van der Waals surface area (Å²) in [6.07, 6.45) is 14.8. The Morgan fingerprint density at radius 3 is 1.97 bits per heavy atom. The quantitative estimate of drug-likeness (QED) is 0.236. The third-order valence-corrected chi connectivity index (χ3v) is 7.87. The molecule has 3 rings (SSSR count). The van der Waals surface area contributed by atoms with Gasteiger partial charge in [-0.15, -0.1) is 0 Å². The highest BCUT2D eigenvalue weighted by Gasteiger charge is 2.58. The van der Waals surface area contributed by atoms with Gasteiger partial charge in [0, 0.05) is 0 Å². The second kappa shape index (κ2) is 12.4. The summed E-state index contributed by atoms with van der Waals surface area (Å²) < 4.78 is 67.3. The van der Waals surface area contributed by atoms with E-state index in [9.17, 15) is 22.0 Å². The molecular formula is C28H39F5O. The van der Waals surface area contributed by atoms with E-state index in [0.29, 0.717) is 5.92 Å². The van der Waals surface area contributed by atoms with Gasteiger partial charge >= 0.3 is 12.1 Å². The highest BCUT2D eigenvalue weighted by molar-refractivity contribution is 5.50. The Balaban J connectivity index is 1.37. The lowest BCUT2D eigenvalue weighted by molar-refractivity contribution is -0.290. The second-order valence-electron chi connectivity index (χ2n) is 10.4. The molecule has 2 fully saturated rings. The lowest BCUT2D eigenvalue weighted by Gasteiger charge is -2.37. The van der Waals surface area contributed by atoms with E-state index in [-0.39, 0.29) is 5.75 Å². The van der Waals surface area contributed by atoms with Crippen LogP contribution in [0.5, 0.6) is 5.75 Å². The number of hydrogen-bond donors (Lipinski definition) is 0. The normalized spacial score (nSPS) is 26.6. The SMILES string of the molecule is CCCCC[C@H]1CC[C@H]([C@H]2CC[C@H](C=Cc3ccc(OCC(F)(F)C(F)(F)F)cc3)CC2)CC1. The summed E-state index contributed by atoms with van der Waals surface area (Å²) in [5.41, 5.74) is 0.887. The Kier molecular flexibility index (Phi) is 9.84. The molecule has 0 aliphatic heterocycles. The summed E-state index contributed by atoms with van der Waals surface area (Å²) in [7, 11) is 0. The van der Waals surface area contributed by atoms with Crippen molar-refractivity contribution in [2.75, 3.05) is 6.61 Å². The molecule has 0 bridgehead atoms. The Bertz CT molecular complexity index is 739. The minimum absolute atomic E-state index is 0.00154. The Morgan fingerprint density at radius 1 is 0.824 bits per heavy atom. The van der Waals surface area contributed by atoms with E-state index in [4.69, 9.17) is 0 Å². The molecule has 192 valence electrons.